The summed E-state index contributed by atoms with van der Waals surface area (Å²) in [5.41, 5.74) is 1.24. The topological polar surface area (TPSA) is 12.9 Å². The van der Waals surface area contributed by atoms with E-state index in [4.69, 9.17) is 0 Å². The zero-order valence-electron chi connectivity index (χ0n) is 7.82. The molecule has 0 amide bonds. The third-order valence-corrected chi connectivity index (χ3v) is 5.06. The van der Waals surface area contributed by atoms with E-state index in [1.54, 1.807) is 0 Å². The van der Waals surface area contributed by atoms with Gasteiger partial charge in [-0.1, -0.05) is 0 Å². The van der Waals surface area contributed by atoms with Crippen LogP contribution in [-0.2, 0) is 0 Å². The second-order valence-corrected chi connectivity index (χ2v) is 6.89. The fraction of sp³-hybridized carbons (Fsp3) is 0.0833. The van der Waals surface area contributed by atoms with Gasteiger partial charge in [0.05, 0.1) is 0 Å². The molecule has 1 nitrogen and oxygen atoms in total. The molecule has 0 atom stereocenters. The zero-order valence-corrected chi connectivity index (χ0v) is 10.1. The standard InChI is InChI=1S/C12H9NTe/c1-8-13-12-10-5-3-2-4-9(10)6-7-11(12)14-8/h2-7H,1H3. The predicted octanol–water partition coefficient (Wildman–Crippen LogP) is 2.75. The number of rotatable bonds is 0. The third-order valence-electron chi connectivity index (χ3n) is 2.39. The zero-order chi connectivity index (χ0) is 9.54. The first-order chi connectivity index (χ1) is 6.84. The molecule has 3 rings (SSSR count). The molecule has 0 radical (unpaired) electrons. The maximum atomic E-state index is 4.65. The number of fused-ring (bicyclic) bond motifs is 3. The normalized spacial score (nSPS) is 11.2. The fourth-order valence-electron chi connectivity index (χ4n) is 1.77. The van der Waals surface area contributed by atoms with Crippen molar-refractivity contribution >= 4 is 40.1 Å². The first kappa shape index (κ1) is 8.47. The molecule has 14 heavy (non-hydrogen) atoms. The van der Waals surface area contributed by atoms with Gasteiger partial charge in [0, 0.05) is 0 Å². The summed E-state index contributed by atoms with van der Waals surface area (Å²) in [5.74, 6) is 0. The Kier molecular flexibility index (Phi) is 1.86. The van der Waals surface area contributed by atoms with Gasteiger partial charge in [-0.25, -0.2) is 0 Å². The molecule has 0 N–H and O–H groups in total. The summed E-state index contributed by atoms with van der Waals surface area (Å²) < 4.78 is 2.84. The van der Waals surface area contributed by atoms with E-state index in [1.165, 1.54) is 23.4 Å². The van der Waals surface area contributed by atoms with Gasteiger partial charge in [0.2, 0.25) is 0 Å². The summed E-state index contributed by atoms with van der Waals surface area (Å²) in [6.45, 7) is 2.15. The summed E-state index contributed by atoms with van der Waals surface area (Å²) in [6, 6.07) is 13.0. The number of hydrogen-bond acceptors (Lipinski definition) is 1. The number of nitrogens with zero attached hydrogens (tertiary/aromatic N) is 1. The predicted molar refractivity (Wildman–Crippen MR) is 60.9 cm³/mol. The molecule has 0 bridgehead atoms. The van der Waals surface area contributed by atoms with E-state index >= 15 is 0 Å². The van der Waals surface area contributed by atoms with Crippen molar-refractivity contribution in [2.45, 2.75) is 6.92 Å². The van der Waals surface area contributed by atoms with Crippen LogP contribution in [0.3, 0.4) is 0 Å². The molecule has 0 saturated carbocycles. The van der Waals surface area contributed by atoms with Crippen LogP contribution >= 0.6 is 0 Å². The molecule has 3 aromatic rings. The monoisotopic (exact) mass is 297 g/mol. The van der Waals surface area contributed by atoms with Gasteiger partial charge in [-0.3, -0.25) is 0 Å². The Hall–Kier alpha value is -0.840. The van der Waals surface area contributed by atoms with E-state index in [9.17, 15) is 0 Å². The number of benzene rings is 2. The summed E-state index contributed by atoms with van der Waals surface area (Å²) in [7, 11) is 0. The number of aromatic nitrogens is 1. The van der Waals surface area contributed by atoms with Crippen LogP contribution in [0.2, 0.25) is 0 Å². The van der Waals surface area contributed by atoms with Crippen LogP contribution in [-0.4, -0.2) is 25.4 Å². The van der Waals surface area contributed by atoms with Crippen molar-refractivity contribution in [3.05, 3.63) is 40.1 Å². The van der Waals surface area contributed by atoms with Crippen LogP contribution in [0, 0.1) is 6.92 Å². The van der Waals surface area contributed by atoms with Crippen LogP contribution in [0.25, 0.3) is 19.7 Å². The minimum atomic E-state index is -0.143. The van der Waals surface area contributed by atoms with Crippen molar-refractivity contribution in [3.63, 3.8) is 0 Å². The average Bonchev–Trinajstić information content (AvgIpc) is 2.59. The second-order valence-electron chi connectivity index (χ2n) is 3.37. The van der Waals surface area contributed by atoms with Gasteiger partial charge in [-0.2, -0.15) is 0 Å². The SMILES string of the molecule is Cc1nc2c(ccc3ccccc32)[te]1. The van der Waals surface area contributed by atoms with Crippen LogP contribution < -0.4 is 0 Å². The average molecular weight is 295 g/mol. The van der Waals surface area contributed by atoms with Crippen molar-refractivity contribution in [2.75, 3.05) is 0 Å². The van der Waals surface area contributed by atoms with E-state index in [0.717, 1.165) is 0 Å². The molecule has 0 aliphatic rings. The van der Waals surface area contributed by atoms with Gasteiger partial charge in [-0.15, -0.1) is 0 Å². The van der Waals surface area contributed by atoms with Gasteiger partial charge in [0.25, 0.3) is 0 Å². The Morgan fingerprint density at radius 1 is 1.07 bits per heavy atom. The van der Waals surface area contributed by atoms with Crippen molar-refractivity contribution in [3.8, 4) is 0 Å². The molecule has 2 heteroatoms. The van der Waals surface area contributed by atoms with Gasteiger partial charge < -0.3 is 0 Å². The third kappa shape index (κ3) is 1.19. The summed E-state index contributed by atoms with van der Waals surface area (Å²) >= 11 is -0.143. The molecule has 68 valence electrons. The summed E-state index contributed by atoms with van der Waals surface area (Å²) in [5, 5.41) is 2.61. The first-order valence-corrected chi connectivity index (χ1v) is 6.92. The van der Waals surface area contributed by atoms with Gasteiger partial charge in [-0.05, 0) is 0 Å². The molecule has 1 heterocycles. The van der Waals surface area contributed by atoms with E-state index in [0.29, 0.717) is 0 Å². The molecular weight excluding hydrogens is 286 g/mol. The van der Waals surface area contributed by atoms with Crippen molar-refractivity contribution < 1.29 is 0 Å². The first-order valence-electron chi connectivity index (χ1n) is 4.59. The van der Waals surface area contributed by atoms with Crippen molar-refractivity contribution in [2.24, 2.45) is 0 Å². The quantitative estimate of drug-likeness (QED) is 0.581. The number of aryl methyl sites for hydroxylation is 1. The molecule has 1 aromatic heterocycles. The minimum absolute atomic E-state index is 0.143. The van der Waals surface area contributed by atoms with E-state index in [-0.39, 0.29) is 20.4 Å². The van der Waals surface area contributed by atoms with E-state index in [2.05, 4.69) is 48.3 Å². The molecule has 0 fully saturated rings. The van der Waals surface area contributed by atoms with Gasteiger partial charge in [0.15, 0.2) is 0 Å². The van der Waals surface area contributed by atoms with Crippen molar-refractivity contribution in [1.82, 2.24) is 4.98 Å². The van der Waals surface area contributed by atoms with Crippen molar-refractivity contribution in [1.29, 1.82) is 0 Å². The Morgan fingerprint density at radius 2 is 1.93 bits per heavy atom. The van der Waals surface area contributed by atoms with E-state index in [1.807, 2.05) is 0 Å². The molecule has 0 unspecified atom stereocenters. The number of hydrogen-bond donors (Lipinski definition) is 0. The molecular formula is C12H9NTe. The van der Waals surface area contributed by atoms with Crippen LogP contribution in [0.15, 0.2) is 36.4 Å². The fourth-order valence-corrected chi connectivity index (χ4v) is 4.18. The van der Waals surface area contributed by atoms with Gasteiger partial charge >= 0.3 is 92.1 Å². The van der Waals surface area contributed by atoms with Crippen LogP contribution in [0.4, 0.5) is 0 Å². The molecule has 0 spiro atoms. The van der Waals surface area contributed by atoms with Gasteiger partial charge in [0.1, 0.15) is 0 Å². The van der Waals surface area contributed by atoms with Crippen LogP contribution in [0.5, 0.6) is 0 Å². The molecule has 0 aliphatic carbocycles. The maximum absolute atomic E-state index is 4.65. The Morgan fingerprint density at radius 3 is 2.86 bits per heavy atom. The molecule has 0 aliphatic heterocycles. The van der Waals surface area contributed by atoms with E-state index < -0.39 is 0 Å². The second kappa shape index (κ2) is 3.08. The Balaban J connectivity index is 2.60. The molecule has 2 aromatic carbocycles. The Labute approximate surface area is 92.0 Å². The summed E-state index contributed by atoms with van der Waals surface area (Å²) in [6.07, 6.45) is 0. The Bertz CT molecular complexity index is 610. The summed E-state index contributed by atoms with van der Waals surface area (Å²) in [4.78, 5) is 4.65. The molecule has 0 saturated heterocycles. The van der Waals surface area contributed by atoms with Crippen LogP contribution in [0.1, 0.15) is 3.71 Å².